The van der Waals surface area contributed by atoms with E-state index in [1.165, 1.54) is 44.4 Å². The van der Waals surface area contributed by atoms with E-state index in [9.17, 15) is 0 Å². The van der Waals surface area contributed by atoms with Crippen molar-refractivity contribution in [2.75, 3.05) is 7.11 Å². The Hall–Kier alpha value is -3.78. The van der Waals surface area contributed by atoms with Crippen molar-refractivity contribution in [1.29, 1.82) is 0 Å². The van der Waals surface area contributed by atoms with Gasteiger partial charge in [-0.3, -0.25) is 0 Å². The van der Waals surface area contributed by atoms with Crippen molar-refractivity contribution < 1.29 is 4.74 Å². The van der Waals surface area contributed by atoms with Crippen LogP contribution in [0.15, 0.2) is 97.1 Å². The highest BCUT2D eigenvalue weighted by molar-refractivity contribution is 6.07. The van der Waals surface area contributed by atoms with E-state index < -0.39 is 0 Å². The average Bonchev–Trinajstić information content (AvgIpc) is 3.14. The van der Waals surface area contributed by atoms with E-state index in [0.717, 1.165) is 11.4 Å². The molecule has 0 spiro atoms. The van der Waals surface area contributed by atoms with Crippen molar-refractivity contribution in [1.82, 2.24) is 4.57 Å². The zero-order valence-electron chi connectivity index (χ0n) is 18.1. The summed E-state index contributed by atoms with van der Waals surface area (Å²) in [5, 5.41) is 2.50. The third-order valence-corrected chi connectivity index (χ3v) is 6.01. The molecule has 0 aliphatic rings. The van der Waals surface area contributed by atoms with Crippen molar-refractivity contribution in [3.05, 3.63) is 108 Å². The predicted octanol–water partition coefficient (Wildman–Crippen LogP) is 7.59. The van der Waals surface area contributed by atoms with Crippen LogP contribution in [0.5, 0.6) is 5.75 Å². The van der Waals surface area contributed by atoms with Crippen LogP contribution in [0.2, 0.25) is 0 Å². The SMILES string of the molecule is COc1ccccc1-n1c(-c2ccccc2)c2cc(C)c(C)cc2c1-c1ccccc1. The van der Waals surface area contributed by atoms with Crippen LogP contribution in [-0.4, -0.2) is 11.7 Å². The molecule has 0 saturated heterocycles. The van der Waals surface area contributed by atoms with Gasteiger partial charge < -0.3 is 9.30 Å². The van der Waals surface area contributed by atoms with Crippen LogP contribution >= 0.6 is 0 Å². The molecule has 0 unspecified atom stereocenters. The first-order valence-electron chi connectivity index (χ1n) is 10.6. The molecule has 1 aromatic heterocycles. The third kappa shape index (κ3) is 3.21. The molecule has 1 heterocycles. The van der Waals surface area contributed by atoms with Gasteiger partial charge in [-0.15, -0.1) is 0 Å². The van der Waals surface area contributed by atoms with Gasteiger partial charge in [-0.05, 0) is 60.4 Å². The highest BCUT2D eigenvalue weighted by Gasteiger charge is 2.23. The van der Waals surface area contributed by atoms with Gasteiger partial charge in [0.2, 0.25) is 0 Å². The first kappa shape index (κ1) is 19.2. The van der Waals surface area contributed by atoms with Gasteiger partial charge in [0.25, 0.3) is 0 Å². The Morgan fingerprint density at radius 3 is 1.52 bits per heavy atom. The first-order chi connectivity index (χ1) is 15.2. The van der Waals surface area contributed by atoms with Crippen LogP contribution in [0.3, 0.4) is 0 Å². The lowest BCUT2D eigenvalue weighted by Crippen LogP contribution is -2.02. The summed E-state index contributed by atoms with van der Waals surface area (Å²) in [6.07, 6.45) is 0. The quantitative estimate of drug-likeness (QED) is 0.301. The molecular formula is C29H25NO. The van der Waals surface area contributed by atoms with E-state index in [1.54, 1.807) is 7.11 Å². The number of rotatable bonds is 4. The summed E-state index contributed by atoms with van der Waals surface area (Å²) < 4.78 is 8.17. The van der Waals surface area contributed by atoms with Crippen LogP contribution in [0.25, 0.3) is 39.0 Å². The summed E-state index contributed by atoms with van der Waals surface area (Å²) in [5.41, 5.74) is 8.36. The normalized spacial score (nSPS) is 11.1. The number of ether oxygens (including phenoxy) is 1. The van der Waals surface area contributed by atoms with Crippen molar-refractivity contribution in [2.24, 2.45) is 0 Å². The maximum atomic E-state index is 5.80. The van der Waals surface area contributed by atoms with Gasteiger partial charge in [-0.2, -0.15) is 0 Å². The van der Waals surface area contributed by atoms with Crippen LogP contribution in [0.1, 0.15) is 11.1 Å². The second-order valence-electron chi connectivity index (χ2n) is 7.92. The summed E-state index contributed by atoms with van der Waals surface area (Å²) in [6.45, 7) is 4.37. The number of benzene rings is 4. The van der Waals surface area contributed by atoms with Crippen molar-refractivity contribution in [2.45, 2.75) is 13.8 Å². The van der Waals surface area contributed by atoms with Crippen molar-refractivity contribution >= 4 is 10.8 Å². The monoisotopic (exact) mass is 403 g/mol. The van der Waals surface area contributed by atoms with Gasteiger partial charge in [-0.25, -0.2) is 0 Å². The standard InChI is InChI=1S/C29H25NO/c1-20-18-24-25(19-21(20)2)29(23-14-8-5-9-15-23)30(26-16-10-11-17-27(26)31-3)28(24)22-12-6-4-7-13-22/h4-19H,1-3H3. The maximum absolute atomic E-state index is 5.80. The molecule has 5 aromatic rings. The Morgan fingerprint density at radius 2 is 1.03 bits per heavy atom. The molecule has 152 valence electrons. The topological polar surface area (TPSA) is 14.2 Å². The Bertz CT molecular complexity index is 1280. The number of aromatic nitrogens is 1. The number of para-hydroxylation sites is 2. The Morgan fingerprint density at radius 1 is 0.581 bits per heavy atom. The van der Waals surface area contributed by atoms with Gasteiger partial charge in [0.05, 0.1) is 24.2 Å². The van der Waals surface area contributed by atoms with Crippen molar-refractivity contribution in [3.63, 3.8) is 0 Å². The molecule has 0 fully saturated rings. The maximum Gasteiger partial charge on any atom is 0.142 e. The average molecular weight is 404 g/mol. The highest BCUT2D eigenvalue weighted by Crippen LogP contribution is 2.44. The largest absolute Gasteiger partial charge is 0.495 e. The lowest BCUT2D eigenvalue weighted by molar-refractivity contribution is 0.413. The fourth-order valence-corrected chi connectivity index (χ4v) is 4.38. The zero-order chi connectivity index (χ0) is 21.4. The molecule has 2 heteroatoms. The van der Waals surface area contributed by atoms with Gasteiger partial charge in [0, 0.05) is 10.8 Å². The summed E-state index contributed by atoms with van der Waals surface area (Å²) in [4.78, 5) is 0. The van der Waals surface area contributed by atoms with E-state index in [-0.39, 0.29) is 0 Å². The van der Waals surface area contributed by atoms with Crippen LogP contribution < -0.4 is 4.74 Å². The van der Waals surface area contributed by atoms with Crippen LogP contribution in [0.4, 0.5) is 0 Å². The molecule has 0 radical (unpaired) electrons. The molecule has 4 aromatic carbocycles. The smallest absolute Gasteiger partial charge is 0.142 e. The minimum atomic E-state index is 0.852. The molecule has 0 atom stereocenters. The summed E-state index contributed by atoms with van der Waals surface area (Å²) in [5.74, 6) is 0.852. The molecule has 0 aliphatic carbocycles. The fourth-order valence-electron chi connectivity index (χ4n) is 4.38. The second kappa shape index (κ2) is 7.81. The Labute approximate surface area is 183 Å². The number of hydrogen-bond donors (Lipinski definition) is 0. The van der Waals surface area contributed by atoms with Crippen molar-refractivity contribution in [3.8, 4) is 34.0 Å². The number of methoxy groups -OCH3 is 1. The van der Waals surface area contributed by atoms with E-state index in [4.69, 9.17) is 4.74 Å². The van der Waals surface area contributed by atoms with E-state index in [1.807, 2.05) is 12.1 Å². The summed E-state index contributed by atoms with van der Waals surface area (Å²) in [7, 11) is 1.74. The van der Waals surface area contributed by atoms with Gasteiger partial charge in [0.15, 0.2) is 0 Å². The van der Waals surface area contributed by atoms with Crippen LogP contribution in [0, 0.1) is 13.8 Å². The summed E-state index contributed by atoms with van der Waals surface area (Å²) >= 11 is 0. The molecule has 0 amide bonds. The molecule has 0 saturated carbocycles. The molecule has 0 N–H and O–H groups in total. The summed E-state index contributed by atoms with van der Waals surface area (Å²) in [6, 6.07) is 34.2. The third-order valence-electron chi connectivity index (χ3n) is 6.01. The predicted molar refractivity (Wildman–Crippen MR) is 130 cm³/mol. The molecule has 0 bridgehead atoms. The molecule has 31 heavy (non-hydrogen) atoms. The Balaban J connectivity index is 2.02. The highest BCUT2D eigenvalue weighted by atomic mass is 16.5. The number of hydrogen-bond acceptors (Lipinski definition) is 1. The van der Waals surface area contributed by atoms with Crippen LogP contribution in [-0.2, 0) is 0 Å². The molecular weight excluding hydrogens is 378 g/mol. The van der Waals surface area contributed by atoms with E-state index in [2.05, 4.69) is 103 Å². The van der Waals surface area contributed by atoms with Gasteiger partial charge >= 0.3 is 0 Å². The molecule has 0 aliphatic heterocycles. The number of aryl methyl sites for hydroxylation is 2. The number of fused-ring (bicyclic) bond motifs is 1. The van der Waals surface area contributed by atoms with Gasteiger partial charge in [-0.1, -0.05) is 72.8 Å². The number of nitrogens with zero attached hydrogens (tertiary/aromatic N) is 1. The van der Waals surface area contributed by atoms with Gasteiger partial charge in [0.1, 0.15) is 5.75 Å². The lowest BCUT2D eigenvalue weighted by atomic mass is 9.99. The second-order valence-corrected chi connectivity index (χ2v) is 7.92. The lowest BCUT2D eigenvalue weighted by Gasteiger charge is -2.17. The van der Waals surface area contributed by atoms with E-state index in [0.29, 0.717) is 0 Å². The molecule has 5 rings (SSSR count). The fraction of sp³-hybridized carbons (Fsp3) is 0.103. The first-order valence-corrected chi connectivity index (χ1v) is 10.6. The minimum absolute atomic E-state index is 0.852. The van der Waals surface area contributed by atoms with E-state index >= 15 is 0 Å². The Kier molecular flexibility index (Phi) is 4.83. The zero-order valence-corrected chi connectivity index (χ0v) is 18.1. The minimum Gasteiger partial charge on any atom is -0.495 e. The molecule has 2 nitrogen and oxygen atoms in total.